The molecule has 9 heteroatoms. The zero-order valence-electron chi connectivity index (χ0n) is 15.5. The number of rotatable bonds is 5. The maximum atomic E-state index is 12.2. The number of nitrogens with zero attached hydrogens (tertiary/aromatic N) is 1. The van der Waals surface area contributed by atoms with Gasteiger partial charge in [-0.3, -0.25) is 9.79 Å². The van der Waals surface area contributed by atoms with E-state index in [2.05, 4.69) is 15.6 Å². The standard InChI is InChI=1S/C20H20ClN3O3S2/c21-16-4-2-1-3-14(16)10-22-19(25)9-13-5-7-15(8-6-13)23-20-24-17-11-29(26,27)12-18(17)28-20/h1-8,17-18H,9-12H2,(H,22,25)(H,23,24)/t17-,18-/m0/s1. The van der Waals surface area contributed by atoms with Gasteiger partial charge in [0.1, 0.15) is 0 Å². The second-order valence-corrected chi connectivity index (χ2v) is 10.9. The third-order valence-corrected chi connectivity index (χ3v) is 8.33. The maximum absolute atomic E-state index is 12.2. The minimum Gasteiger partial charge on any atom is -0.352 e. The van der Waals surface area contributed by atoms with Crippen molar-refractivity contribution in [3.8, 4) is 0 Å². The Balaban J connectivity index is 1.28. The van der Waals surface area contributed by atoms with E-state index in [9.17, 15) is 13.2 Å². The van der Waals surface area contributed by atoms with Crippen molar-refractivity contribution in [3.05, 3.63) is 64.7 Å². The number of nitrogens with one attached hydrogen (secondary N) is 2. The van der Waals surface area contributed by atoms with Gasteiger partial charge in [0.25, 0.3) is 0 Å². The van der Waals surface area contributed by atoms with E-state index in [-0.39, 0.29) is 35.1 Å². The Morgan fingerprint density at radius 1 is 1.14 bits per heavy atom. The largest absolute Gasteiger partial charge is 0.352 e. The maximum Gasteiger partial charge on any atom is 0.224 e. The number of carbonyl (C=O) groups is 1. The zero-order chi connectivity index (χ0) is 20.4. The fraction of sp³-hybridized carbons (Fsp3) is 0.300. The van der Waals surface area contributed by atoms with Crippen LogP contribution in [0.1, 0.15) is 11.1 Å². The molecule has 2 atom stereocenters. The number of thioether (sulfide) groups is 1. The number of carbonyl (C=O) groups excluding carboxylic acids is 1. The molecule has 0 bridgehead atoms. The molecule has 6 nitrogen and oxygen atoms in total. The highest BCUT2D eigenvalue weighted by molar-refractivity contribution is 8.15. The van der Waals surface area contributed by atoms with Crippen molar-refractivity contribution in [1.29, 1.82) is 0 Å². The number of hydrogen-bond donors (Lipinski definition) is 2. The van der Waals surface area contributed by atoms with Crippen LogP contribution in [-0.2, 0) is 27.6 Å². The van der Waals surface area contributed by atoms with Crippen LogP contribution in [0.2, 0.25) is 5.02 Å². The lowest BCUT2D eigenvalue weighted by atomic mass is 10.1. The molecule has 1 saturated heterocycles. The molecule has 2 aliphatic rings. The van der Waals surface area contributed by atoms with Crippen LogP contribution in [0, 0.1) is 0 Å². The summed E-state index contributed by atoms with van der Waals surface area (Å²) in [5.41, 5.74) is 2.64. The summed E-state index contributed by atoms with van der Waals surface area (Å²) in [5, 5.41) is 7.52. The van der Waals surface area contributed by atoms with Crippen LogP contribution in [0.15, 0.2) is 53.5 Å². The molecular weight excluding hydrogens is 430 g/mol. The predicted molar refractivity (Wildman–Crippen MR) is 118 cm³/mol. The normalized spacial score (nSPS) is 22.0. The van der Waals surface area contributed by atoms with Crippen LogP contribution in [-0.4, -0.2) is 42.3 Å². The van der Waals surface area contributed by atoms with Gasteiger partial charge in [-0.1, -0.05) is 53.7 Å². The van der Waals surface area contributed by atoms with E-state index in [1.807, 2.05) is 42.5 Å². The zero-order valence-corrected chi connectivity index (χ0v) is 17.9. The smallest absolute Gasteiger partial charge is 0.224 e. The Bertz CT molecular complexity index is 1050. The molecule has 2 aromatic carbocycles. The minimum atomic E-state index is -2.94. The first-order chi connectivity index (χ1) is 13.9. The van der Waals surface area contributed by atoms with Gasteiger partial charge in [-0.05, 0) is 29.3 Å². The van der Waals surface area contributed by atoms with Gasteiger partial charge in [0.05, 0.1) is 24.0 Å². The summed E-state index contributed by atoms with van der Waals surface area (Å²) in [6.07, 6.45) is 0.280. The molecule has 2 aromatic rings. The Morgan fingerprint density at radius 2 is 1.90 bits per heavy atom. The van der Waals surface area contributed by atoms with Gasteiger partial charge in [-0.25, -0.2) is 8.42 Å². The van der Waals surface area contributed by atoms with E-state index in [0.717, 1.165) is 22.0 Å². The minimum absolute atomic E-state index is 0.0172. The molecule has 152 valence electrons. The highest BCUT2D eigenvalue weighted by Gasteiger charge is 2.42. The van der Waals surface area contributed by atoms with Gasteiger partial charge < -0.3 is 10.6 Å². The highest BCUT2D eigenvalue weighted by atomic mass is 35.5. The summed E-state index contributed by atoms with van der Waals surface area (Å²) in [7, 11) is -2.94. The van der Waals surface area contributed by atoms with Gasteiger partial charge in [0, 0.05) is 22.5 Å². The molecule has 0 radical (unpaired) electrons. The summed E-state index contributed by atoms with van der Waals surface area (Å²) < 4.78 is 23.3. The molecular formula is C20H20ClN3O3S2. The Labute approximate surface area is 179 Å². The monoisotopic (exact) mass is 449 g/mol. The third kappa shape index (κ3) is 5.12. The number of anilines is 1. The van der Waals surface area contributed by atoms with E-state index in [0.29, 0.717) is 11.6 Å². The topological polar surface area (TPSA) is 87.6 Å². The summed E-state index contributed by atoms with van der Waals surface area (Å²) in [5.74, 6) is 0.257. The molecule has 0 saturated carbocycles. The third-order valence-electron chi connectivity index (χ3n) is 4.82. The van der Waals surface area contributed by atoms with Gasteiger partial charge in [-0.15, -0.1) is 0 Å². The summed E-state index contributed by atoms with van der Waals surface area (Å²) in [6, 6.07) is 14.9. The molecule has 29 heavy (non-hydrogen) atoms. The number of amides is 1. The number of sulfone groups is 1. The molecule has 0 unspecified atom stereocenters. The molecule has 2 aliphatic heterocycles. The molecule has 4 rings (SSSR count). The van der Waals surface area contributed by atoms with Crippen LogP contribution in [0.25, 0.3) is 0 Å². The molecule has 1 fully saturated rings. The Hall–Kier alpha value is -2.03. The summed E-state index contributed by atoms with van der Waals surface area (Å²) in [4.78, 5) is 16.7. The van der Waals surface area contributed by atoms with E-state index in [4.69, 9.17) is 11.6 Å². The van der Waals surface area contributed by atoms with Crippen molar-refractivity contribution in [3.63, 3.8) is 0 Å². The molecule has 0 spiro atoms. The number of halogens is 1. The molecule has 1 amide bonds. The van der Waals surface area contributed by atoms with Crippen molar-refractivity contribution in [2.75, 3.05) is 16.8 Å². The molecule has 2 N–H and O–H groups in total. The van der Waals surface area contributed by atoms with Gasteiger partial charge >= 0.3 is 0 Å². The number of aliphatic imine (C=N–C) groups is 1. The van der Waals surface area contributed by atoms with Crippen LogP contribution >= 0.6 is 23.4 Å². The lowest BCUT2D eigenvalue weighted by Crippen LogP contribution is -2.24. The summed E-state index contributed by atoms with van der Waals surface area (Å²) in [6.45, 7) is 0.396. The SMILES string of the molecule is O=C(Cc1ccc(NC2=N[C@H]3CS(=O)(=O)C[C@@H]3S2)cc1)NCc1ccccc1Cl. The van der Waals surface area contributed by atoms with Crippen molar-refractivity contribution in [2.45, 2.75) is 24.3 Å². The molecule has 0 aromatic heterocycles. The average molecular weight is 450 g/mol. The first-order valence-corrected chi connectivity index (χ1v) is 12.3. The van der Waals surface area contributed by atoms with Crippen molar-refractivity contribution in [1.82, 2.24) is 5.32 Å². The fourth-order valence-corrected chi connectivity index (χ4v) is 7.21. The number of amidine groups is 1. The van der Waals surface area contributed by atoms with Crippen molar-refractivity contribution >= 4 is 50.0 Å². The van der Waals surface area contributed by atoms with E-state index in [1.54, 1.807) is 6.07 Å². The van der Waals surface area contributed by atoms with Crippen LogP contribution in [0.5, 0.6) is 0 Å². The quantitative estimate of drug-likeness (QED) is 0.732. The van der Waals surface area contributed by atoms with Gasteiger partial charge in [-0.2, -0.15) is 0 Å². The van der Waals surface area contributed by atoms with Crippen molar-refractivity contribution in [2.24, 2.45) is 4.99 Å². The van der Waals surface area contributed by atoms with Crippen LogP contribution in [0.3, 0.4) is 0 Å². The second-order valence-electron chi connectivity index (χ2n) is 7.10. The number of benzene rings is 2. The Kier molecular flexibility index (Phi) is 5.85. The van der Waals surface area contributed by atoms with Crippen LogP contribution in [0.4, 0.5) is 5.69 Å². The lowest BCUT2D eigenvalue weighted by molar-refractivity contribution is -0.120. The first kappa shape index (κ1) is 20.3. The highest BCUT2D eigenvalue weighted by Crippen LogP contribution is 2.34. The Morgan fingerprint density at radius 3 is 2.62 bits per heavy atom. The number of hydrogen-bond acceptors (Lipinski definition) is 6. The molecule has 0 aliphatic carbocycles. The second kappa shape index (κ2) is 8.38. The summed E-state index contributed by atoms with van der Waals surface area (Å²) >= 11 is 7.58. The average Bonchev–Trinajstić information content (AvgIpc) is 3.15. The fourth-order valence-electron chi connectivity index (χ4n) is 3.33. The van der Waals surface area contributed by atoms with Gasteiger partial charge in [0.15, 0.2) is 15.0 Å². The lowest BCUT2D eigenvalue weighted by Gasteiger charge is -2.09. The van der Waals surface area contributed by atoms with E-state index in [1.165, 1.54) is 11.8 Å². The number of fused-ring (bicyclic) bond motifs is 1. The molecule has 2 heterocycles. The van der Waals surface area contributed by atoms with Crippen LogP contribution < -0.4 is 10.6 Å². The predicted octanol–water partition coefficient (Wildman–Crippen LogP) is 2.88. The van der Waals surface area contributed by atoms with Crippen molar-refractivity contribution < 1.29 is 13.2 Å². The first-order valence-electron chi connectivity index (χ1n) is 9.19. The van der Waals surface area contributed by atoms with E-state index < -0.39 is 9.84 Å². The van der Waals surface area contributed by atoms with Gasteiger partial charge in [0.2, 0.25) is 5.91 Å². The van der Waals surface area contributed by atoms with E-state index >= 15 is 0 Å².